The van der Waals surface area contributed by atoms with Gasteiger partial charge < -0.3 is 4.74 Å². The van der Waals surface area contributed by atoms with Crippen LogP contribution >= 0.6 is 0 Å². The van der Waals surface area contributed by atoms with E-state index in [1.54, 1.807) is 13.2 Å². The van der Waals surface area contributed by atoms with Crippen molar-refractivity contribution in [2.24, 2.45) is 7.05 Å². The molecule has 0 saturated heterocycles. The van der Waals surface area contributed by atoms with E-state index in [4.69, 9.17) is 10.00 Å². The number of hydrogen-bond acceptors (Lipinski definition) is 3. The molecule has 1 aromatic carbocycles. The fourth-order valence-corrected chi connectivity index (χ4v) is 1.47. The third-order valence-electron chi connectivity index (χ3n) is 2.17. The Kier molecular flexibility index (Phi) is 1.86. The average molecular weight is 187 g/mol. The first-order chi connectivity index (χ1) is 6.77. The molecule has 4 nitrogen and oxygen atoms in total. The molecule has 14 heavy (non-hydrogen) atoms. The molecule has 0 amide bonds. The first kappa shape index (κ1) is 8.57. The molecule has 2 aromatic rings. The van der Waals surface area contributed by atoms with Gasteiger partial charge in [-0.2, -0.15) is 10.2 Å². The number of rotatable bonds is 1. The Labute approximate surface area is 81.4 Å². The predicted octanol–water partition coefficient (Wildman–Crippen LogP) is 1.45. The van der Waals surface area contributed by atoms with Crippen LogP contribution in [0.15, 0.2) is 18.2 Å². The van der Waals surface area contributed by atoms with E-state index >= 15 is 0 Å². The standard InChI is InChI=1S/C10H9N3O/c1-13-8-5-3-4-7(6-11)9(8)12-10(13)14-2/h3-5H,1-2H3. The maximum Gasteiger partial charge on any atom is 0.296 e. The van der Waals surface area contributed by atoms with Crippen LogP contribution in [0.2, 0.25) is 0 Å². The van der Waals surface area contributed by atoms with Crippen molar-refractivity contribution in [1.82, 2.24) is 9.55 Å². The van der Waals surface area contributed by atoms with E-state index in [9.17, 15) is 0 Å². The number of fused-ring (bicyclic) bond motifs is 1. The van der Waals surface area contributed by atoms with Crippen molar-refractivity contribution >= 4 is 11.0 Å². The number of nitrogens with zero attached hydrogens (tertiary/aromatic N) is 3. The summed E-state index contributed by atoms with van der Waals surface area (Å²) in [4.78, 5) is 4.22. The first-order valence-corrected chi connectivity index (χ1v) is 4.17. The number of ether oxygens (including phenoxy) is 1. The molecule has 0 bridgehead atoms. The maximum absolute atomic E-state index is 8.87. The average Bonchev–Trinajstić information content (AvgIpc) is 2.55. The highest BCUT2D eigenvalue weighted by atomic mass is 16.5. The molecule has 0 unspecified atom stereocenters. The van der Waals surface area contributed by atoms with Crippen molar-refractivity contribution in [3.8, 4) is 12.1 Å². The number of methoxy groups -OCH3 is 1. The van der Waals surface area contributed by atoms with Crippen molar-refractivity contribution in [1.29, 1.82) is 5.26 Å². The Morgan fingerprint density at radius 2 is 2.29 bits per heavy atom. The number of hydrogen-bond donors (Lipinski definition) is 0. The fourth-order valence-electron chi connectivity index (χ4n) is 1.47. The summed E-state index contributed by atoms with van der Waals surface area (Å²) in [6.45, 7) is 0. The molecular weight excluding hydrogens is 178 g/mol. The Bertz CT molecular complexity index is 522. The van der Waals surface area contributed by atoms with Gasteiger partial charge in [0.15, 0.2) is 0 Å². The molecule has 1 aromatic heterocycles. The van der Waals surface area contributed by atoms with Crippen LogP contribution in [0.5, 0.6) is 6.01 Å². The van der Waals surface area contributed by atoms with Crippen LogP contribution < -0.4 is 4.74 Å². The van der Waals surface area contributed by atoms with E-state index in [0.717, 1.165) is 5.52 Å². The minimum absolute atomic E-state index is 0.516. The quantitative estimate of drug-likeness (QED) is 0.679. The second-order valence-corrected chi connectivity index (χ2v) is 2.94. The number of aromatic nitrogens is 2. The fraction of sp³-hybridized carbons (Fsp3) is 0.200. The lowest BCUT2D eigenvalue weighted by Gasteiger charge is -1.97. The van der Waals surface area contributed by atoms with Crippen molar-refractivity contribution in [3.63, 3.8) is 0 Å². The Balaban J connectivity index is 2.85. The molecule has 70 valence electrons. The van der Waals surface area contributed by atoms with E-state index < -0.39 is 0 Å². The minimum Gasteiger partial charge on any atom is -0.468 e. The molecule has 0 aliphatic heterocycles. The maximum atomic E-state index is 8.87. The third-order valence-corrected chi connectivity index (χ3v) is 2.17. The van der Waals surface area contributed by atoms with Crippen LogP contribution in [0.1, 0.15) is 5.56 Å². The van der Waals surface area contributed by atoms with Crippen molar-refractivity contribution < 1.29 is 4.74 Å². The summed E-state index contributed by atoms with van der Waals surface area (Å²) in [5.41, 5.74) is 2.16. The molecule has 0 atom stereocenters. The summed E-state index contributed by atoms with van der Waals surface area (Å²) in [5.74, 6) is 0. The molecule has 0 fully saturated rings. The highest BCUT2D eigenvalue weighted by molar-refractivity contribution is 5.82. The predicted molar refractivity (Wildman–Crippen MR) is 52.0 cm³/mol. The lowest BCUT2D eigenvalue weighted by Crippen LogP contribution is -1.93. The summed E-state index contributed by atoms with van der Waals surface area (Å²) in [7, 11) is 3.42. The molecular formula is C10H9N3O. The van der Waals surface area contributed by atoms with Crippen LogP contribution in [-0.4, -0.2) is 16.7 Å². The molecule has 0 N–H and O–H groups in total. The second kappa shape index (κ2) is 3.04. The van der Waals surface area contributed by atoms with Crippen molar-refractivity contribution in [3.05, 3.63) is 23.8 Å². The van der Waals surface area contributed by atoms with Gasteiger partial charge in [0.25, 0.3) is 6.01 Å². The van der Waals surface area contributed by atoms with Crippen LogP contribution in [0.4, 0.5) is 0 Å². The lowest BCUT2D eigenvalue weighted by atomic mass is 10.2. The van der Waals surface area contributed by atoms with Gasteiger partial charge in [0.2, 0.25) is 0 Å². The molecule has 1 heterocycles. The number of aryl methyl sites for hydroxylation is 1. The van der Waals surface area contributed by atoms with Gasteiger partial charge in [-0.3, -0.25) is 4.57 Å². The molecule has 0 aliphatic carbocycles. The van der Waals surface area contributed by atoms with Crippen LogP contribution in [0.3, 0.4) is 0 Å². The van der Waals surface area contributed by atoms with E-state index in [2.05, 4.69) is 11.1 Å². The molecule has 0 radical (unpaired) electrons. The number of imidazole rings is 1. The highest BCUT2D eigenvalue weighted by Crippen LogP contribution is 2.21. The number of para-hydroxylation sites is 1. The zero-order valence-corrected chi connectivity index (χ0v) is 7.98. The summed E-state index contributed by atoms with van der Waals surface area (Å²) >= 11 is 0. The molecule has 0 saturated carbocycles. The van der Waals surface area contributed by atoms with Gasteiger partial charge in [0.05, 0.1) is 18.2 Å². The summed E-state index contributed by atoms with van der Waals surface area (Å²) < 4.78 is 6.89. The number of benzene rings is 1. The van der Waals surface area contributed by atoms with E-state index in [1.807, 2.05) is 23.7 Å². The van der Waals surface area contributed by atoms with Crippen molar-refractivity contribution in [2.75, 3.05) is 7.11 Å². The SMILES string of the molecule is COc1nc2c(C#N)cccc2n1C. The molecule has 0 spiro atoms. The van der Waals surface area contributed by atoms with Gasteiger partial charge in [-0.1, -0.05) is 6.07 Å². The van der Waals surface area contributed by atoms with E-state index in [-0.39, 0.29) is 0 Å². The van der Waals surface area contributed by atoms with Gasteiger partial charge in [0.1, 0.15) is 11.6 Å². The molecule has 2 rings (SSSR count). The van der Waals surface area contributed by atoms with Gasteiger partial charge in [-0.25, -0.2) is 0 Å². The molecule has 0 aliphatic rings. The van der Waals surface area contributed by atoms with Crippen LogP contribution in [0, 0.1) is 11.3 Å². The Hall–Kier alpha value is -2.02. The topological polar surface area (TPSA) is 50.8 Å². The van der Waals surface area contributed by atoms with Gasteiger partial charge in [-0.15, -0.1) is 0 Å². The first-order valence-electron chi connectivity index (χ1n) is 4.17. The normalized spacial score (nSPS) is 10.1. The van der Waals surface area contributed by atoms with Gasteiger partial charge >= 0.3 is 0 Å². The Morgan fingerprint density at radius 3 is 2.93 bits per heavy atom. The lowest BCUT2D eigenvalue weighted by molar-refractivity contribution is 0.368. The van der Waals surface area contributed by atoms with Crippen LogP contribution in [-0.2, 0) is 7.05 Å². The van der Waals surface area contributed by atoms with E-state index in [0.29, 0.717) is 17.1 Å². The number of nitriles is 1. The zero-order chi connectivity index (χ0) is 10.1. The van der Waals surface area contributed by atoms with Crippen LogP contribution in [0.25, 0.3) is 11.0 Å². The molecule has 4 heteroatoms. The second-order valence-electron chi connectivity index (χ2n) is 2.94. The Morgan fingerprint density at radius 1 is 1.50 bits per heavy atom. The van der Waals surface area contributed by atoms with Gasteiger partial charge in [-0.05, 0) is 12.1 Å². The van der Waals surface area contributed by atoms with E-state index in [1.165, 1.54) is 0 Å². The largest absolute Gasteiger partial charge is 0.468 e. The van der Waals surface area contributed by atoms with Gasteiger partial charge in [0, 0.05) is 7.05 Å². The van der Waals surface area contributed by atoms with Crippen molar-refractivity contribution in [2.45, 2.75) is 0 Å². The summed E-state index contributed by atoms with van der Waals surface area (Å²) in [6.07, 6.45) is 0. The minimum atomic E-state index is 0.516. The monoisotopic (exact) mass is 187 g/mol. The smallest absolute Gasteiger partial charge is 0.296 e. The summed E-state index contributed by atoms with van der Waals surface area (Å²) in [6, 6.07) is 8.11. The zero-order valence-electron chi connectivity index (χ0n) is 7.98. The highest BCUT2D eigenvalue weighted by Gasteiger charge is 2.10. The summed E-state index contributed by atoms with van der Waals surface area (Å²) in [5, 5.41) is 8.87. The third kappa shape index (κ3) is 1.03.